The molecule has 8 heteroatoms. The van der Waals surface area contributed by atoms with E-state index in [9.17, 15) is 4.79 Å². The zero-order valence-electron chi connectivity index (χ0n) is 15.4. The minimum Gasteiger partial charge on any atom is -0.472 e. The van der Waals surface area contributed by atoms with Gasteiger partial charge < -0.3 is 18.9 Å². The zero-order valence-corrected chi connectivity index (χ0v) is 15.4. The molecule has 3 aromatic rings. The predicted octanol–water partition coefficient (Wildman–Crippen LogP) is 2.82. The molecule has 1 aromatic carbocycles. The van der Waals surface area contributed by atoms with E-state index in [0.717, 1.165) is 18.4 Å². The second-order valence-electron chi connectivity index (χ2n) is 6.46. The molecule has 28 heavy (non-hydrogen) atoms. The highest BCUT2D eigenvalue weighted by Crippen LogP contribution is 2.23. The Morgan fingerprint density at radius 3 is 2.93 bits per heavy atom. The van der Waals surface area contributed by atoms with Gasteiger partial charge in [-0.25, -0.2) is 4.98 Å². The molecular weight excluding hydrogens is 360 g/mol. The molecule has 1 aliphatic rings. The number of carbonyl (C=O) groups excluding carboxylic acids is 1. The largest absolute Gasteiger partial charge is 0.472 e. The molecule has 0 spiro atoms. The summed E-state index contributed by atoms with van der Waals surface area (Å²) in [6.45, 7) is 1.11. The van der Waals surface area contributed by atoms with Crippen LogP contribution in [0.4, 0.5) is 0 Å². The lowest BCUT2D eigenvalue weighted by molar-refractivity contribution is 0.0517. The van der Waals surface area contributed by atoms with Gasteiger partial charge in [0.05, 0.1) is 13.7 Å². The molecule has 1 aliphatic heterocycles. The standard InChI is InChI=1S/C20H20N4O4/c1-26-20-21-10-9-18(22-20)27-15-8-5-11-24(13-15)19(25)16-12-17(28-23-16)14-6-3-2-4-7-14/h2-4,6-7,9-10,12,15H,5,8,11,13H2,1H3. The van der Waals surface area contributed by atoms with E-state index in [0.29, 0.717) is 30.4 Å². The first kappa shape index (κ1) is 18.0. The summed E-state index contributed by atoms with van der Waals surface area (Å²) in [4.78, 5) is 22.7. The Labute approximate surface area is 162 Å². The van der Waals surface area contributed by atoms with Crippen molar-refractivity contribution in [2.24, 2.45) is 0 Å². The zero-order chi connectivity index (χ0) is 19.3. The van der Waals surface area contributed by atoms with E-state index in [-0.39, 0.29) is 18.0 Å². The maximum atomic E-state index is 12.8. The average molecular weight is 380 g/mol. The number of methoxy groups -OCH3 is 1. The summed E-state index contributed by atoms with van der Waals surface area (Å²) >= 11 is 0. The lowest BCUT2D eigenvalue weighted by Gasteiger charge is -2.32. The average Bonchev–Trinajstić information content (AvgIpc) is 3.24. The lowest BCUT2D eigenvalue weighted by Crippen LogP contribution is -2.44. The molecule has 0 radical (unpaired) electrons. The second-order valence-corrected chi connectivity index (χ2v) is 6.46. The van der Waals surface area contributed by atoms with E-state index in [2.05, 4.69) is 15.1 Å². The molecule has 3 heterocycles. The third kappa shape index (κ3) is 3.95. The molecular formula is C20H20N4O4. The van der Waals surface area contributed by atoms with E-state index in [1.165, 1.54) is 7.11 Å². The highest BCUT2D eigenvalue weighted by atomic mass is 16.5. The van der Waals surface area contributed by atoms with Crippen LogP contribution in [0.1, 0.15) is 23.3 Å². The summed E-state index contributed by atoms with van der Waals surface area (Å²) in [7, 11) is 1.50. The summed E-state index contributed by atoms with van der Waals surface area (Å²) in [5.74, 6) is 0.834. The molecule has 1 amide bonds. The van der Waals surface area contributed by atoms with Gasteiger partial charge in [-0.1, -0.05) is 35.5 Å². The second kappa shape index (κ2) is 8.08. The number of aromatic nitrogens is 3. The van der Waals surface area contributed by atoms with Gasteiger partial charge in [-0.2, -0.15) is 4.98 Å². The van der Waals surface area contributed by atoms with Crippen LogP contribution in [-0.4, -0.2) is 52.2 Å². The quantitative estimate of drug-likeness (QED) is 0.672. The van der Waals surface area contributed by atoms with Crippen molar-refractivity contribution in [1.29, 1.82) is 0 Å². The van der Waals surface area contributed by atoms with Crippen molar-refractivity contribution in [2.45, 2.75) is 18.9 Å². The fourth-order valence-corrected chi connectivity index (χ4v) is 3.16. The number of ether oxygens (including phenoxy) is 2. The van der Waals surface area contributed by atoms with E-state index in [4.69, 9.17) is 14.0 Å². The van der Waals surface area contributed by atoms with Crippen molar-refractivity contribution in [3.63, 3.8) is 0 Å². The van der Waals surface area contributed by atoms with E-state index in [1.807, 2.05) is 30.3 Å². The summed E-state index contributed by atoms with van der Waals surface area (Å²) in [5, 5.41) is 3.96. The summed E-state index contributed by atoms with van der Waals surface area (Å²) in [5.41, 5.74) is 1.18. The SMILES string of the molecule is COc1nccc(OC2CCCN(C(=O)c3cc(-c4ccccc4)on3)C2)n1. The number of piperidine rings is 1. The van der Waals surface area contributed by atoms with Crippen molar-refractivity contribution < 1.29 is 18.8 Å². The minimum atomic E-state index is -0.167. The van der Waals surface area contributed by atoms with Crippen LogP contribution in [0.2, 0.25) is 0 Å². The Balaban J connectivity index is 1.43. The van der Waals surface area contributed by atoms with Crippen molar-refractivity contribution in [2.75, 3.05) is 20.2 Å². The number of rotatable bonds is 5. The van der Waals surface area contributed by atoms with Crippen LogP contribution in [0, 0.1) is 0 Å². The van der Waals surface area contributed by atoms with Crippen molar-refractivity contribution in [1.82, 2.24) is 20.0 Å². The van der Waals surface area contributed by atoms with Gasteiger partial charge in [0.15, 0.2) is 11.5 Å². The highest BCUT2D eigenvalue weighted by Gasteiger charge is 2.28. The Bertz CT molecular complexity index is 944. The Kier molecular flexibility index (Phi) is 5.18. The van der Waals surface area contributed by atoms with Crippen LogP contribution in [0.3, 0.4) is 0 Å². The summed E-state index contributed by atoms with van der Waals surface area (Å²) in [6, 6.07) is 13.2. The maximum Gasteiger partial charge on any atom is 0.319 e. The van der Waals surface area contributed by atoms with Gasteiger partial charge in [0.25, 0.3) is 5.91 Å². The smallest absolute Gasteiger partial charge is 0.319 e. The Hall–Kier alpha value is -3.42. The molecule has 0 aliphatic carbocycles. The number of hydrogen-bond acceptors (Lipinski definition) is 7. The van der Waals surface area contributed by atoms with Gasteiger partial charge in [0.2, 0.25) is 5.88 Å². The first-order chi connectivity index (χ1) is 13.7. The van der Waals surface area contributed by atoms with Crippen LogP contribution < -0.4 is 9.47 Å². The van der Waals surface area contributed by atoms with Gasteiger partial charge in [-0.05, 0) is 12.8 Å². The number of hydrogen-bond donors (Lipinski definition) is 0. The fourth-order valence-electron chi connectivity index (χ4n) is 3.16. The van der Waals surface area contributed by atoms with Crippen molar-refractivity contribution >= 4 is 5.91 Å². The topological polar surface area (TPSA) is 90.6 Å². The third-order valence-corrected chi connectivity index (χ3v) is 4.53. The number of likely N-dealkylation sites (tertiary alicyclic amines) is 1. The van der Waals surface area contributed by atoms with E-state index < -0.39 is 0 Å². The number of amides is 1. The van der Waals surface area contributed by atoms with Gasteiger partial charge in [0.1, 0.15) is 6.10 Å². The molecule has 0 saturated carbocycles. The number of carbonyl (C=O) groups is 1. The summed E-state index contributed by atoms with van der Waals surface area (Å²) < 4.78 is 16.3. The molecule has 4 rings (SSSR count). The van der Waals surface area contributed by atoms with E-state index >= 15 is 0 Å². The molecule has 1 unspecified atom stereocenters. The number of nitrogens with zero attached hydrogens (tertiary/aromatic N) is 4. The Morgan fingerprint density at radius 2 is 2.11 bits per heavy atom. The monoisotopic (exact) mass is 380 g/mol. The molecule has 144 valence electrons. The van der Waals surface area contributed by atoms with Crippen LogP contribution in [0.5, 0.6) is 11.9 Å². The predicted molar refractivity (Wildman–Crippen MR) is 100 cm³/mol. The molecule has 1 saturated heterocycles. The highest BCUT2D eigenvalue weighted by molar-refractivity contribution is 5.93. The third-order valence-electron chi connectivity index (χ3n) is 4.53. The van der Waals surface area contributed by atoms with Crippen molar-refractivity contribution in [3.8, 4) is 23.2 Å². The van der Waals surface area contributed by atoms with E-state index in [1.54, 1.807) is 23.2 Å². The molecule has 2 aromatic heterocycles. The molecule has 1 fully saturated rings. The van der Waals surface area contributed by atoms with Crippen LogP contribution in [0.15, 0.2) is 53.2 Å². The molecule has 0 bridgehead atoms. The normalized spacial score (nSPS) is 16.6. The van der Waals surface area contributed by atoms with Crippen molar-refractivity contribution in [3.05, 3.63) is 54.4 Å². The molecule has 8 nitrogen and oxygen atoms in total. The minimum absolute atomic E-state index is 0.155. The van der Waals surface area contributed by atoms with Gasteiger partial charge >= 0.3 is 6.01 Å². The summed E-state index contributed by atoms with van der Waals surface area (Å²) in [6.07, 6.45) is 3.09. The van der Waals surface area contributed by atoms with Gasteiger partial charge in [-0.3, -0.25) is 4.79 Å². The maximum absolute atomic E-state index is 12.8. The fraction of sp³-hybridized carbons (Fsp3) is 0.300. The Morgan fingerprint density at radius 1 is 1.25 bits per heavy atom. The lowest BCUT2D eigenvalue weighted by atomic mass is 10.1. The molecule has 0 N–H and O–H groups in total. The first-order valence-electron chi connectivity index (χ1n) is 9.08. The number of benzene rings is 1. The van der Waals surface area contributed by atoms with Gasteiger partial charge in [0, 0.05) is 30.4 Å². The molecule has 1 atom stereocenters. The first-order valence-corrected chi connectivity index (χ1v) is 9.08. The van der Waals surface area contributed by atoms with Crippen LogP contribution in [0.25, 0.3) is 11.3 Å². The van der Waals surface area contributed by atoms with Crippen LogP contribution in [-0.2, 0) is 0 Å². The van der Waals surface area contributed by atoms with Gasteiger partial charge in [-0.15, -0.1) is 0 Å². The van der Waals surface area contributed by atoms with Crippen LogP contribution >= 0.6 is 0 Å².